The highest BCUT2D eigenvalue weighted by molar-refractivity contribution is 7.91. The molecule has 8 nitrogen and oxygen atoms in total. The van der Waals surface area contributed by atoms with Gasteiger partial charge in [-0.05, 0) is 41.5 Å². The number of ether oxygens (including phenoxy) is 2. The molecule has 0 aliphatic heterocycles. The van der Waals surface area contributed by atoms with Gasteiger partial charge in [-0.1, -0.05) is 38.1 Å². The predicted molar refractivity (Wildman–Crippen MR) is 132 cm³/mol. The standard InChI is InChI=1S/C23H28N4O4S.ClH/c1-23(2,17-4-8-20(9-5-17)30-15-13-24)18-6-10-21(11-7-18)31-16-19-12-14-25-22(26-19)27-32(3,28)29;/h4-12,14H,13,15-16,24H2,1-3H3,(H,25,26,27);1H. The van der Waals surface area contributed by atoms with E-state index in [4.69, 9.17) is 15.2 Å². The van der Waals surface area contributed by atoms with E-state index in [2.05, 4.69) is 40.7 Å². The Kier molecular flexibility index (Phi) is 9.04. The molecule has 0 spiro atoms. The van der Waals surface area contributed by atoms with Gasteiger partial charge in [0.1, 0.15) is 24.7 Å². The van der Waals surface area contributed by atoms with E-state index in [1.54, 1.807) is 6.07 Å². The zero-order valence-electron chi connectivity index (χ0n) is 18.8. The van der Waals surface area contributed by atoms with Gasteiger partial charge >= 0.3 is 0 Å². The SMILES string of the molecule is CC(C)(c1ccc(OCCN)cc1)c1ccc(OCc2ccnc(NS(C)(=O)=O)n2)cc1.Cl. The quantitative estimate of drug-likeness (QED) is 0.444. The van der Waals surface area contributed by atoms with Gasteiger partial charge in [0.15, 0.2) is 0 Å². The zero-order chi connectivity index (χ0) is 23.2. The molecule has 178 valence electrons. The largest absolute Gasteiger partial charge is 0.492 e. The number of aromatic nitrogens is 2. The van der Waals surface area contributed by atoms with Crippen LogP contribution in [0.1, 0.15) is 30.7 Å². The van der Waals surface area contributed by atoms with E-state index in [1.165, 1.54) is 6.20 Å². The molecule has 0 saturated heterocycles. The summed E-state index contributed by atoms with van der Waals surface area (Å²) in [7, 11) is -3.44. The summed E-state index contributed by atoms with van der Waals surface area (Å²) >= 11 is 0. The molecule has 0 atom stereocenters. The van der Waals surface area contributed by atoms with Gasteiger partial charge in [-0.3, -0.25) is 4.72 Å². The molecule has 2 aromatic carbocycles. The fourth-order valence-electron chi connectivity index (χ4n) is 3.13. The minimum Gasteiger partial charge on any atom is -0.492 e. The summed E-state index contributed by atoms with van der Waals surface area (Å²) in [5.41, 5.74) is 8.14. The number of rotatable bonds is 10. The molecule has 0 radical (unpaired) electrons. The molecule has 3 aromatic rings. The van der Waals surface area contributed by atoms with Gasteiger partial charge in [-0.15, -0.1) is 12.4 Å². The average molecular weight is 493 g/mol. The van der Waals surface area contributed by atoms with E-state index in [0.29, 0.717) is 24.6 Å². The van der Waals surface area contributed by atoms with E-state index in [-0.39, 0.29) is 30.4 Å². The molecule has 0 amide bonds. The third-order valence-corrected chi connectivity index (χ3v) is 5.47. The van der Waals surface area contributed by atoms with Gasteiger partial charge in [0, 0.05) is 18.2 Å². The highest BCUT2D eigenvalue weighted by Crippen LogP contribution is 2.33. The van der Waals surface area contributed by atoms with Gasteiger partial charge in [0.25, 0.3) is 0 Å². The monoisotopic (exact) mass is 492 g/mol. The first-order chi connectivity index (χ1) is 15.2. The molecule has 33 heavy (non-hydrogen) atoms. The molecular weight excluding hydrogens is 464 g/mol. The Morgan fingerprint density at radius 2 is 1.48 bits per heavy atom. The Balaban J connectivity index is 0.00000385. The fourth-order valence-corrected chi connectivity index (χ4v) is 3.56. The van der Waals surface area contributed by atoms with Crippen molar-refractivity contribution in [3.8, 4) is 11.5 Å². The second-order valence-corrected chi connectivity index (χ2v) is 9.59. The summed E-state index contributed by atoms with van der Waals surface area (Å²) in [5, 5.41) is 0. The third-order valence-electron chi connectivity index (χ3n) is 4.92. The van der Waals surface area contributed by atoms with Crippen LogP contribution in [0.15, 0.2) is 60.8 Å². The summed E-state index contributed by atoms with van der Waals surface area (Å²) in [4.78, 5) is 8.05. The Morgan fingerprint density at radius 1 is 0.939 bits per heavy atom. The van der Waals surface area contributed by atoms with Crippen molar-refractivity contribution in [3.05, 3.63) is 77.6 Å². The van der Waals surface area contributed by atoms with Crippen molar-refractivity contribution in [2.45, 2.75) is 25.9 Å². The van der Waals surface area contributed by atoms with Crippen molar-refractivity contribution < 1.29 is 17.9 Å². The second-order valence-electron chi connectivity index (χ2n) is 7.85. The molecule has 0 aliphatic rings. The number of halogens is 1. The highest BCUT2D eigenvalue weighted by Gasteiger charge is 2.23. The average Bonchev–Trinajstić information content (AvgIpc) is 2.76. The third kappa shape index (κ3) is 7.59. The Hall–Kier alpha value is -2.88. The van der Waals surface area contributed by atoms with Crippen molar-refractivity contribution in [1.29, 1.82) is 0 Å². The maximum atomic E-state index is 11.3. The first-order valence-corrected chi connectivity index (χ1v) is 12.0. The topological polar surface area (TPSA) is 116 Å². The molecule has 0 unspecified atom stereocenters. The first-order valence-electron chi connectivity index (χ1n) is 10.1. The van der Waals surface area contributed by atoms with Crippen LogP contribution in [-0.2, 0) is 22.0 Å². The van der Waals surface area contributed by atoms with Crippen molar-refractivity contribution in [2.75, 3.05) is 24.1 Å². The van der Waals surface area contributed by atoms with E-state index in [9.17, 15) is 8.42 Å². The minimum absolute atomic E-state index is 0. The molecule has 0 aliphatic carbocycles. The van der Waals surface area contributed by atoms with Gasteiger partial charge in [-0.25, -0.2) is 18.4 Å². The summed E-state index contributed by atoms with van der Waals surface area (Å²) in [6.45, 7) is 5.49. The molecule has 0 fully saturated rings. The summed E-state index contributed by atoms with van der Waals surface area (Å²) < 4.78 is 36.3. The van der Waals surface area contributed by atoms with Crippen LogP contribution in [-0.4, -0.2) is 37.8 Å². The van der Waals surface area contributed by atoms with E-state index in [0.717, 1.165) is 23.1 Å². The van der Waals surface area contributed by atoms with Crippen LogP contribution < -0.4 is 19.9 Å². The summed E-state index contributed by atoms with van der Waals surface area (Å²) in [5.74, 6) is 1.51. The zero-order valence-corrected chi connectivity index (χ0v) is 20.4. The number of hydrogen-bond acceptors (Lipinski definition) is 7. The molecule has 0 saturated carbocycles. The van der Waals surface area contributed by atoms with Gasteiger partial charge in [0.2, 0.25) is 16.0 Å². The lowest BCUT2D eigenvalue weighted by molar-refractivity contribution is 0.301. The number of nitrogens with zero attached hydrogens (tertiary/aromatic N) is 2. The lowest BCUT2D eigenvalue weighted by Crippen LogP contribution is -2.18. The lowest BCUT2D eigenvalue weighted by atomic mass is 9.78. The van der Waals surface area contributed by atoms with Crippen LogP contribution in [0.25, 0.3) is 0 Å². The fraction of sp³-hybridized carbons (Fsp3) is 0.304. The van der Waals surface area contributed by atoms with Crippen molar-refractivity contribution in [1.82, 2.24) is 9.97 Å². The van der Waals surface area contributed by atoms with Crippen LogP contribution >= 0.6 is 12.4 Å². The number of nitrogens with one attached hydrogen (secondary N) is 1. The summed E-state index contributed by atoms with van der Waals surface area (Å²) in [6, 6.07) is 17.6. The Labute approximate surface area is 201 Å². The van der Waals surface area contributed by atoms with E-state index < -0.39 is 10.0 Å². The normalized spacial score (nSPS) is 11.4. The van der Waals surface area contributed by atoms with Crippen molar-refractivity contribution >= 4 is 28.4 Å². The maximum absolute atomic E-state index is 11.3. The van der Waals surface area contributed by atoms with Gasteiger partial charge in [-0.2, -0.15) is 0 Å². The smallest absolute Gasteiger partial charge is 0.236 e. The van der Waals surface area contributed by atoms with Crippen LogP contribution in [0.5, 0.6) is 11.5 Å². The van der Waals surface area contributed by atoms with E-state index >= 15 is 0 Å². The molecular formula is C23H29ClN4O4S. The molecule has 1 aromatic heterocycles. The molecule has 3 N–H and O–H groups in total. The van der Waals surface area contributed by atoms with Crippen LogP contribution in [0.3, 0.4) is 0 Å². The van der Waals surface area contributed by atoms with Crippen LogP contribution in [0, 0.1) is 0 Å². The van der Waals surface area contributed by atoms with Crippen molar-refractivity contribution in [3.63, 3.8) is 0 Å². The second kappa shape index (κ2) is 11.3. The minimum atomic E-state index is -3.44. The first kappa shape index (κ1) is 26.4. The molecule has 0 bridgehead atoms. The number of anilines is 1. The molecule has 3 rings (SSSR count). The Morgan fingerprint density at radius 3 is 2.00 bits per heavy atom. The number of nitrogens with two attached hydrogens (primary N) is 1. The number of benzene rings is 2. The van der Waals surface area contributed by atoms with Crippen LogP contribution in [0.2, 0.25) is 0 Å². The molecule has 1 heterocycles. The molecule has 10 heteroatoms. The van der Waals surface area contributed by atoms with E-state index in [1.807, 2.05) is 36.4 Å². The lowest BCUT2D eigenvalue weighted by Gasteiger charge is -2.26. The van der Waals surface area contributed by atoms with Gasteiger partial charge < -0.3 is 15.2 Å². The number of hydrogen-bond donors (Lipinski definition) is 2. The predicted octanol–water partition coefficient (Wildman–Crippen LogP) is 3.51. The maximum Gasteiger partial charge on any atom is 0.236 e. The van der Waals surface area contributed by atoms with Crippen LogP contribution in [0.4, 0.5) is 5.95 Å². The summed E-state index contributed by atoms with van der Waals surface area (Å²) in [6.07, 6.45) is 2.53. The highest BCUT2D eigenvalue weighted by atomic mass is 35.5. The van der Waals surface area contributed by atoms with Gasteiger partial charge in [0.05, 0.1) is 11.9 Å². The van der Waals surface area contributed by atoms with Crippen molar-refractivity contribution in [2.24, 2.45) is 5.73 Å². The Bertz CT molecular complexity index is 1140. The number of sulfonamides is 1.